The van der Waals surface area contributed by atoms with E-state index in [2.05, 4.69) is 9.97 Å². The lowest BCUT2D eigenvalue weighted by Gasteiger charge is -2.07. The lowest BCUT2D eigenvalue weighted by Crippen LogP contribution is -2.05. The molecule has 0 bridgehead atoms. The first-order valence-electron chi connectivity index (χ1n) is 7.32. The molecule has 3 heterocycles. The van der Waals surface area contributed by atoms with Gasteiger partial charge in [0.1, 0.15) is 0 Å². The molecule has 23 heavy (non-hydrogen) atoms. The number of aromatic nitrogens is 3. The average molecular weight is 313 g/mol. The van der Waals surface area contributed by atoms with Crippen molar-refractivity contribution in [2.24, 2.45) is 0 Å². The van der Waals surface area contributed by atoms with Gasteiger partial charge < -0.3 is 9.55 Å². The molecular weight excluding hydrogens is 300 g/mol. The van der Waals surface area contributed by atoms with Gasteiger partial charge >= 0.3 is 0 Å². The summed E-state index contributed by atoms with van der Waals surface area (Å²) in [6.45, 7) is 0.206. The van der Waals surface area contributed by atoms with Gasteiger partial charge in [0.25, 0.3) is 5.56 Å². The third kappa shape index (κ3) is 2.10. The molecule has 0 atom stereocenters. The van der Waals surface area contributed by atoms with Gasteiger partial charge in [0.2, 0.25) is 6.43 Å². The maximum absolute atomic E-state index is 12.7. The summed E-state index contributed by atoms with van der Waals surface area (Å²) in [5.74, 6) is 0. The van der Waals surface area contributed by atoms with Crippen LogP contribution in [0.25, 0.3) is 32.7 Å². The third-order valence-corrected chi connectivity index (χ3v) is 4.11. The molecule has 4 nitrogen and oxygen atoms in total. The van der Waals surface area contributed by atoms with Crippen LogP contribution in [0.3, 0.4) is 0 Å². The first-order valence-corrected chi connectivity index (χ1v) is 7.32. The molecule has 0 spiro atoms. The highest BCUT2D eigenvalue weighted by molar-refractivity contribution is 6.19. The maximum atomic E-state index is 12.7. The minimum Gasteiger partial charge on any atom is -0.339 e. The normalized spacial score (nSPS) is 12.0. The quantitative estimate of drug-likeness (QED) is 0.627. The van der Waals surface area contributed by atoms with Crippen molar-refractivity contribution in [1.82, 2.24) is 14.5 Å². The maximum Gasteiger partial charge on any atom is 0.255 e. The van der Waals surface area contributed by atoms with Crippen LogP contribution in [0.2, 0.25) is 0 Å². The van der Waals surface area contributed by atoms with Crippen molar-refractivity contribution in [2.45, 2.75) is 19.4 Å². The summed E-state index contributed by atoms with van der Waals surface area (Å²) in [6, 6.07) is 9.01. The second kappa shape index (κ2) is 5.15. The molecule has 4 rings (SSSR count). The van der Waals surface area contributed by atoms with Gasteiger partial charge in [-0.25, -0.2) is 8.78 Å². The second-order valence-electron chi connectivity index (χ2n) is 5.43. The van der Waals surface area contributed by atoms with E-state index in [1.54, 1.807) is 30.6 Å². The summed E-state index contributed by atoms with van der Waals surface area (Å²) in [5.41, 5.74) is 2.18. The molecule has 1 N–H and O–H groups in total. The Hall–Kier alpha value is -2.76. The van der Waals surface area contributed by atoms with Crippen LogP contribution in [0.5, 0.6) is 0 Å². The van der Waals surface area contributed by atoms with E-state index >= 15 is 0 Å². The Balaban J connectivity index is 2.14. The Morgan fingerprint density at radius 2 is 2.00 bits per heavy atom. The largest absolute Gasteiger partial charge is 0.339 e. The van der Waals surface area contributed by atoms with Crippen molar-refractivity contribution in [2.75, 3.05) is 0 Å². The van der Waals surface area contributed by atoms with E-state index in [0.717, 1.165) is 27.3 Å². The van der Waals surface area contributed by atoms with Gasteiger partial charge in [0.05, 0.1) is 16.6 Å². The van der Waals surface area contributed by atoms with Crippen LogP contribution in [-0.4, -0.2) is 21.0 Å². The van der Waals surface area contributed by atoms with E-state index in [9.17, 15) is 13.6 Å². The van der Waals surface area contributed by atoms with Crippen molar-refractivity contribution < 1.29 is 8.78 Å². The molecule has 0 saturated carbocycles. The molecule has 0 aliphatic carbocycles. The molecule has 0 amide bonds. The first-order chi connectivity index (χ1) is 11.2. The number of nitrogens with one attached hydrogen (secondary N) is 1. The van der Waals surface area contributed by atoms with Gasteiger partial charge in [-0.3, -0.25) is 9.78 Å². The lowest BCUT2D eigenvalue weighted by molar-refractivity contribution is 0.132. The molecule has 0 radical (unpaired) electrons. The Bertz CT molecular complexity index is 1080. The molecule has 1 aromatic carbocycles. The molecule has 3 aromatic heterocycles. The van der Waals surface area contributed by atoms with Gasteiger partial charge in [0.15, 0.2) is 0 Å². The highest BCUT2D eigenvalue weighted by atomic mass is 19.3. The van der Waals surface area contributed by atoms with Crippen LogP contribution in [0, 0.1) is 0 Å². The number of rotatable bonds is 3. The highest BCUT2D eigenvalue weighted by Gasteiger charge is 2.16. The van der Waals surface area contributed by atoms with Gasteiger partial charge in [-0.1, -0.05) is 0 Å². The molecule has 6 heteroatoms. The van der Waals surface area contributed by atoms with Crippen molar-refractivity contribution >= 4 is 32.7 Å². The summed E-state index contributed by atoms with van der Waals surface area (Å²) < 4.78 is 27.2. The minimum absolute atomic E-state index is 0.172. The van der Waals surface area contributed by atoms with E-state index < -0.39 is 6.43 Å². The van der Waals surface area contributed by atoms with Crippen LogP contribution in [0.4, 0.5) is 8.78 Å². The zero-order valence-electron chi connectivity index (χ0n) is 12.1. The van der Waals surface area contributed by atoms with Crippen molar-refractivity contribution in [1.29, 1.82) is 0 Å². The minimum atomic E-state index is -2.36. The molecule has 0 aliphatic rings. The summed E-state index contributed by atoms with van der Waals surface area (Å²) in [6.07, 6.45) is 0.685. The molecule has 0 unspecified atom stereocenters. The van der Waals surface area contributed by atoms with Crippen LogP contribution < -0.4 is 5.56 Å². The standard InChI is InChI=1S/C17H13F2N3O/c18-14(19)6-9-22-12-4-3-11-10(5-8-21-17(11)23)15(12)16-13(22)2-1-7-20-16/h1-5,7-8,14H,6,9H2,(H,21,23). The Morgan fingerprint density at radius 3 is 2.83 bits per heavy atom. The average Bonchev–Trinajstić information content (AvgIpc) is 2.87. The van der Waals surface area contributed by atoms with E-state index in [0.29, 0.717) is 5.39 Å². The van der Waals surface area contributed by atoms with E-state index in [4.69, 9.17) is 0 Å². The number of benzene rings is 1. The Morgan fingerprint density at radius 1 is 1.13 bits per heavy atom. The first kappa shape index (κ1) is 13.9. The van der Waals surface area contributed by atoms with Gasteiger partial charge in [-0.2, -0.15) is 0 Å². The predicted octanol–water partition coefficient (Wildman–Crippen LogP) is 3.69. The SMILES string of the molecule is O=c1[nH]ccc2c1ccc1c2c2ncccc2n1CCC(F)F. The number of aryl methyl sites for hydroxylation is 1. The van der Waals surface area contributed by atoms with Gasteiger partial charge in [-0.15, -0.1) is 0 Å². The number of pyridine rings is 2. The third-order valence-electron chi connectivity index (χ3n) is 4.11. The summed E-state index contributed by atoms with van der Waals surface area (Å²) >= 11 is 0. The van der Waals surface area contributed by atoms with Gasteiger partial charge in [0, 0.05) is 41.5 Å². The number of aromatic amines is 1. The number of alkyl halides is 2. The van der Waals surface area contributed by atoms with Crippen LogP contribution in [0.1, 0.15) is 6.42 Å². The summed E-state index contributed by atoms with van der Waals surface area (Å²) in [7, 11) is 0. The number of hydrogen-bond acceptors (Lipinski definition) is 2. The smallest absolute Gasteiger partial charge is 0.255 e. The zero-order chi connectivity index (χ0) is 16.0. The number of halogens is 2. The number of H-pyrrole nitrogens is 1. The Labute approximate surface area is 129 Å². The molecule has 0 fully saturated rings. The van der Waals surface area contributed by atoms with Crippen LogP contribution in [0.15, 0.2) is 47.5 Å². The summed E-state index contributed by atoms with van der Waals surface area (Å²) in [4.78, 5) is 19.1. The van der Waals surface area contributed by atoms with Crippen LogP contribution in [-0.2, 0) is 6.54 Å². The van der Waals surface area contributed by atoms with Crippen LogP contribution >= 0.6 is 0 Å². The number of fused-ring (bicyclic) bond motifs is 5. The zero-order valence-corrected chi connectivity index (χ0v) is 12.1. The van der Waals surface area contributed by atoms with E-state index in [1.165, 1.54) is 0 Å². The fraction of sp³-hybridized carbons (Fsp3) is 0.176. The molecule has 0 aliphatic heterocycles. The highest BCUT2D eigenvalue weighted by Crippen LogP contribution is 2.32. The van der Waals surface area contributed by atoms with Crippen molar-refractivity contribution in [3.05, 3.63) is 53.1 Å². The molecular formula is C17H13F2N3O. The molecule has 0 saturated heterocycles. The predicted molar refractivity (Wildman–Crippen MR) is 86.0 cm³/mol. The number of hydrogen-bond donors (Lipinski definition) is 1. The van der Waals surface area contributed by atoms with Crippen molar-refractivity contribution in [3.63, 3.8) is 0 Å². The second-order valence-corrected chi connectivity index (χ2v) is 5.43. The molecule has 4 aromatic rings. The monoisotopic (exact) mass is 313 g/mol. The van der Waals surface area contributed by atoms with E-state index in [1.807, 2.05) is 16.7 Å². The van der Waals surface area contributed by atoms with E-state index in [-0.39, 0.29) is 18.5 Å². The Kier molecular flexibility index (Phi) is 3.11. The topological polar surface area (TPSA) is 50.7 Å². The van der Waals surface area contributed by atoms with Gasteiger partial charge in [-0.05, 0) is 30.3 Å². The fourth-order valence-electron chi connectivity index (χ4n) is 3.14. The summed E-state index contributed by atoms with van der Waals surface area (Å²) in [5, 5.41) is 2.18. The fourth-order valence-corrected chi connectivity index (χ4v) is 3.14. The number of nitrogens with zero attached hydrogens (tertiary/aromatic N) is 2. The molecule has 116 valence electrons. The van der Waals surface area contributed by atoms with Crippen molar-refractivity contribution in [3.8, 4) is 0 Å². The lowest BCUT2D eigenvalue weighted by atomic mass is 10.1.